The Kier molecular flexibility index (Phi) is 5.47. The highest BCUT2D eigenvalue weighted by molar-refractivity contribution is 6.51. The van der Waals surface area contributed by atoms with Gasteiger partial charge < -0.3 is 9.47 Å². The van der Waals surface area contributed by atoms with E-state index in [-0.39, 0.29) is 5.78 Å². The van der Waals surface area contributed by atoms with Crippen LogP contribution in [0, 0.1) is 0 Å². The Labute approximate surface area is 169 Å². The van der Waals surface area contributed by atoms with Crippen LogP contribution in [-0.4, -0.2) is 30.4 Å². The molecule has 0 amide bonds. The number of hydrogen-bond acceptors (Lipinski definition) is 5. The number of benzene rings is 3. The average Bonchev–Trinajstić information content (AvgIpc) is 2.80. The zero-order chi connectivity index (χ0) is 20.1. The van der Waals surface area contributed by atoms with Crippen LogP contribution in [0.1, 0.15) is 28.4 Å². The number of fused-ring (bicyclic) bond motifs is 1. The number of ketones is 1. The van der Waals surface area contributed by atoms with Gasteiger partial charge in [0.15, 0.2) is 11.5 Å². The first-order chi connectivity index (χ1) is 14.2. The second-order valence-electron chi connectivity index (χ2n) is 6.55. The van der Waals surface area contributed by atoms with Crippen molar-refractivity contribution in [3.63, 3.8) is 0 Å². The SMILES string of the molecule is C/C(=N\N=C(\C(=O)c1ccccc1)c1ccccc1)c1ccc2c(c1)OCCO2. The van der Waals surface area contributed by atoms with E-state index in [9.17, 15) is 4.79 Å². The molecule has 0 saturated carbocycles. The van der Waals surface area contributed by atoms with Gasteiger partial charge in [0, 0.05) is 16.7 Å². The van der Waals surface area contributed by atoms with E-state index in [1.165, 1.54) is 0 Å². The van der Waals surface area contributed by atoms with Crippen LogP contribution in [0.5, 0.6) is 11.5 Å². The molecule has 144 valence electrons. The lowest BCUT2D eigenvalue weighted by Crippen LogP contribution is -2.16. The van der Waals surface area contributed by atoms with Crippen LogP contribution in [-0.2, 0) is 0 Å². The summed E-state index contributed by atoms with van der Waals surface area (Å²) < 4.78 is 11.2. The minimum absolute atomic E-state index is 0.171. The summed E-state index contributed by atoms with van der Waals surface area (Å²) in [4.78, 5) is 13.0. The number of carbonyl (C=O) groups excluding carboxylic acids is 1. The lowest BCUT2D eigenvalue weighted by Gasteiger charge is -2.18. The van der Waals surface area contributed by atoms with Crippen LogP contribution >= 0.6 is 0 Å². The standard InChI is InChI=1S/C24H20N2O3/c1-17(20-12-13-21-22(16-20)29-15-14-28-21)25-26-23(18-8-4-2-5-9-18)24(27)19-10-6-3-7-11-19/h2-13,16H,14-15H2,1H3/b25-17+,26-23+. The quantitative estimate of drug-likeness (QED) is 0.368. The fourth-order valence-electron chi connectivity index (χ4n) is 3.01. The summed E-state index contributed by atoms with van der Waals surface area (Å²) in [6, 6.07) is 24.1. The Morgan fingerprint density at radius 1 is 0.724 bits per heavy atom. The van der Waals surface area contributed by atoms with Gasteiger partial charge in [-0.2, -0.15) is 5.10 Å². The molecule has 0 atom stereocenters. The highest BCUT2D eigenvalue weighted by Crippen LogP contribution is 2.30. The van der Waals surface area contributed by atoms with Gasteiger partial charge in [-0.15, -0.1) is 5.10 Å². The molecule has 0 unspecified atom stereocenters. The van der Waals surface area contributed by atoms with Crippen molar-refractivity contribution in [2.24, 2.45) is 10.2 Å². The van der Waals surface area contributed by atoms with Crippen molar-refractivity contribution >= 4 is 17.2 Å². The molecule has 1 heterocycles. The summed E-state index contributed by atoms with van der Waals surface area (Å²) in [6.45, 7) is 2.92. The highest BCUT2D eigenvalue weighted by Gasteiger charge is 2.17. The second kappa shape index (κ2) is 8.52. The van der Waals surface area contributed by atoms with Crippen LogP contribution in [0.3, 0.4) is 0 Å². The van der Waals surface area contributed by atoms with E-state index < -0.39 is 0 Å². The molecule has 0 bridgehead atoms. The molecule has 5 heteroatoms. The van der Waals surface area contributed by atoms with Gasteiger partial charge in [0.25, 0.3) is 0 Å². The first-order valence-electron chi connectivity index (χ1n) is 9.40. The zero-order valence-corrected chi connectivity index (χ0v) is 16.0. The third-order valence-electron chi connectivity index (χ3n) is 4.56. The van der Waals surface area contributed by atoms with Crippen LogP contribution in [0.25, 0.3) is 0 Å². The Hall–Kier alpha value is -3.73. The van der Waals surface area contributed by atoms with Crippen molar-refractivity contribution in [3.05, 3.63) is 95.6 Å². The van der Waals surface area contributed by atoms with Gasteiger partial charge in [-0.25, -0.2) is 0 Å². The van der Waals surface area contributed by atoms with Crippen LogP contribution < -0.4 is 9.47 Å². The van der Waals surface area contributed by atoms with Crippen LogP contribution in [0.2, 0.25) is 0 Å². The molecular weight excluding hydrogens is 364 g/mol. The molecule has 0 fully saturated rings. The van der Waals surface area contributed by atoms with E-state index in [2.05, 4.69) is 10.2 Å². The minimum atomic E-state index is -0.171. The van der Waals surface area contributed by atoms with E-state index in [0.29, 0.717) is 36.0 Å². The van der Waals surface area contributed by atoms with E-state index in [4.69, 9.17) is 9.47 Å². The lowest BCUT2D eigenvalue weighted by atomic mass is 10.0. The third-order valence-corrected chi connectivity index (χ3v) is 4.56. The summed E-state index contributed by atoms with van der Waals surface area (Å²) in [5.74, 6) is 1.24. The molecule has 3 aromatic rings. The van der Waals surface area contributed by atoms with Crippen LogP contribution in [0.15, 0.2) is 89.1 Å². The van der Waals surface area contributed by atoms with Crippen molar-refractivity contribution in [2.75, 3.05) is 13.2 Å². The van der Waals surface area contributed by atoms with Crippen molar-refractivity contribution in [2.45, 2.75) is 6.92 Å². The lowest BCUT2D eigenvalue weighted by molar-refractivity contribution is 0.106. The third kappa shape index (κ3) is 4.24. The number of nitrogens with zero attached hydrogens (tertiary/aromatic N) is 2. The van der Waals surface area contributed by atoms with E-state index in [0.717, 1.165) is 16.9 Å². The highest BCUT2D eigenvalue weighted by atomic mass is 16.6. The minimum Gasteiger partial charge on any atom is -0.486 e. The van der Waals surface area contributed by atoms with Crippen molar-refractivity contribution in [1.82, 2.24) is 0 Å². The Morgan fingerprint density at radius 3 is 2.03 bits per heavy atom. The molecule has 0 aromatic heterocycles. The number of carbonyl (C=O) groups is 1. The molecule has 29 heavy (non-hydrogen) atoms. The van der Waals surface area contributed by atoms with Crippen LogP contribution in [0.4, 0.5) is 0 Å². The van der Waals surface area contributed by atoms with Gasteiger partial charge in [-0.05, 0) is 25.1 Å². The molecule has 0 radical (unpaired) electrons. The molecule has 1 aliphatic heterocycles. The van der Waals surface area contributed by atoms with Gasteiger partial charge in [-0.3, -0.25) is 4.79 Å². The van der Waals surface area contributed by atoms with Gasteiger partial charge >= 0.3 is 0 Å². The van der Waals surface area contributed by atoms with E-state index in [1.54, 1.807) is 12.1 Å². The summed E-state index contributed by atoms with van der Waals surface area (Å²) in [6.07, 6.45) is 0. The largest absolute Gasteiger partial charge is 0.486 e. The fraction of sp³-hybridized carbons (Fsp3) is 0.125. The van der Waals surface area contributed by atoms with Gasteiger partial charge in [0.2, 0.25) is 5.78 Å². The molecule has 5 nitrogen and oxygen atoms in total. The van der Waals surface area contributed by atoms with Gasteiger partial charge in [-0.1, -0.05) is 60.7 Å². The molecular formula is C24H20N2O3. The Morgan fingerprint density at radius 2 is 1.34 bits per heavy atom. The van der Waals surface area contributed by atoms with Crippen molar-refractivity contribution in [1.29, 1.82) is 0 Å². The number of hydrogen-bond donors (Lipinski definition) is 0. The molecule has 0 aliphatic carbocycles. The molecule has 1 aliphatic rings. The first kappa shape index (κ1) is 18.6. The number of ether oxygens (including phenoxy) is 2. The fourth-order valence-corrected chi connectivity index (χ4v) is 3.01. The number of rotatable bonds is 5. The first-order valence-corrected chi connectivity index (χ1v) is 9.40. The topological polar surface area (TPSA) is 60.2 Å². The Bertz CT molecular complexity index is 1070. The smallest absolute Gasteiger partial charge is 0.213 e. The monoisotopic (exact) mass is 384 g/mol. The van der Waals surface area contributed by atoms with E-state index in [1.807, 2.05) is 73.7 Å². The maximum Gasteiger partial charge on any atom is 0.213 e. The molecule has 0 N–H and O–H groups in total. The summed E-state index contributed by atoms with van der Waals surface area (Å²) >= 11 is 0. The van der Waals surface area contributed by atoms with Crippen molar-refractivity contribution in [3.8, 4) is 11.5 Å². The predicted molar refractivity (Wildman–Crippen MR) is 113 cm³/mol. The van der Waals surface area contributed by atoms with Crippen molar-refractivity contribution < 1.29 is 14.3 Å². The number of Topliss-reactive ketones (excluding diaryl/α,β-unsaturated/α-hetero) is 1. The maximum absolute atomic E-state index is 13.0. The average molecular weight is 384 g/mol. The van der Waals surface area contributed by atoms with Gasteiger partial charge in [0.05, 0.1) is 5.71 Å². The summed E-state index contributed by atoms with van der Waals surface area (Å²) in [7, 11) is 0. The normalized spacial score (nSPS) is 13.8. The molecule has 4 rings (SSSR count). The molecule has 3 aromatic carbocycles. The Balaban J connectivity index is 1.70. The van der Waals surface area contributed by atoms with Gasteiger partial charge in [0.1, 0.15) is 18.9 Å². The predicted octanol–water partition coefficient (Wildman–Crippen LogP) is 4.55. The second-order valence-corrected chi connectivity index (χ2v) is 6.55. The summed E-state index contributed by atoms with van der Waals surface area (Å²) in [5.41, 5.74) is 3.13. The summed E-state index contributed by atoms with van der Waals surface area (Å²) in [5, 5.41) is 8.70. The maximum atomic E-state index is 13.0. The molecule has 0 saturated heterocycles. The van der Waals surface area contributed by atoms with E-state index >= 15 is 0 Å². The zero-order valence-electron chi connectivity index (χ0n) is 16.0. The molecule has 0 spiro atoms.